The molecule has 1 saturated heterocycles. The Morgan fingerprint density at radius 2 is 2.15 bits per heavy atom. The zero-order chi connectivity index (χ0) is 14.7. The van der Waals surface area contributed by atoms with Crippen molar-refractivity contribution in [2.75, 3.05) is 25.0 Å². The van der Waals surface area contributed by atoms with Gasteiger partial charge in [-0.25, -0.2) is 8.78 Å². The van der Waals surface area contributed by atoms with E-state index >= 15 is 0 Å². The van der Waals surface area contributed by atoms with E-state index in [0.717, 1.165) is 18.2 Å². The smallest absolute Gasteiger partial charge is 0.313 e. The maximum atomic E-state index is 13.3. The third kappa shape index (κ3) is 3.11. The van der Waals surface area contributed by atoms with Crippen molar-refractivity contribution in [3.8, 4) is 0 Å². The number of hydrogen-bond acceptors (Lipinski definition) is 3. The fourth-order valence-corrected chi connectivity index (χ4v) is 2.08. The van der Waals surface area contributed by atoms with E-state index in [9.17, 15) is 18.4 Å². The molecule has 2 amide bonds. The molecule has 0 aliphatic carbocycles. The van der Waals surface area contributed by atoms with Crippen molar-refractivity contribution in [2.45, 2.75) is 6.42 Å². The maximum absolute atomic E-state index is 13.3. The molecule has 1 aromatic rings. The van der Waals surface area contributed by atoms with Gasteiger partial charge in [-0.05, 0) is 18.6 Å². The number of hydrogen-bond donors (Lipinski definition) is 2. The number of nitrogens with zero attached hydrogens (tertiary/aromatic N) is 1. The Morgan fingerprint density at radius 1 is 1.40 bits per heavy atom. The van der Waals surface area contributed by atoms with Gasteiger partial charge in [-0.3, -0.25) is 9.59 Å². The average molecular weight is 284 g/mol. The van der Waals surface area contributed by atoms with Gasteiger partial charge in [0.05, 0.1) is 5.69 Å². The van der Waals surface area contributed by atoms with Gasteiger partial charge in [-0.1, -0.05) is 0 Å². The third-order valence-corrected chi connectivity index (χ3v) is 3.20. The van der Waals surface area contributed by atoms with E-state index in [1.165, 1.54) is 4.90 Å². The molecule has 1 aliphatic heterocycles. The second kappa shape index (κ2) is 5.96. The maximum Gasteiger partial charge on any atom is 0.313 e. The van der Waals surface area contributed by atoms with Gasteiger partial charge in [0.1, 0.15) is 11.6 Å². The average Bonchev–Trinajstić information content (AvgIpc) is 2.90. The summed E-state index contributed by atoms with van der Waals surface area (Å²) in [5.41, 5.74) is -0.374. The summed E-state index contributed by atoms with van der Waals surface area (Å²) < 4.78 is 26.3. The molecular formula is C13H14F2N2O3. The van der Waals surface area contributed by atoms with Crippen molar-refractivity contribution in [2.24, 2.45) is 5.92 Å². The Labute approximate surface area is 114 Å². The Balaban J connectivity index is 2.01. The molecule has 0 saturated carbocycles. The Kier molecular flexibility index (Phi) is 4.29. The quantitative estimate of drug-likeness (QED) is 0.787. The second-order valence-electron chi connectivity index (χ2n) is 4.67. The molecule has 2 N–H and O–H groups in total. The summed E-state index contributed by atoms with van der Waals surface area (Å²) in [5.74, 6) is -3.41. The number of likely N-dealkylation sites (tertiary alicyclic amines) is 1. The van der Waals surface area contributed by atoms with Crippen molar-refractivity contribution in [3.05, 3.63) is 29.8 Å². The molecule has 1 heterocycles. The summed E-state index contributed by atoms with van der Waals surface area (Å²) in [7, 11) is 0. The van der Waals surface area contributed by atoms with Crippen molar-refractivity contribution in [1.29, 1.82) is 0 Å². The number of benzene rings is 1. The van der Waals surface area contributed by atoms with Crippen LogP contribution in [0.25, 0.3) is 0 Å². The number of amides is 2. The lowest BCUT2D eigenvalue weighted by Gasteiger charge is -2.15. The highest BCUT2D eigenvalue weighted by Gasteiger charge is 2.29. The van der Waals surface area contributed by atoms with Gasteiger partial charge < -0.3 is 15.3 Å². The molecule has 0 radical (unpaired) electrons. The van der Waals surface area contributed by atoms with Gasteiger partial charge in [-0.15, -0.1) is 0 Å². The standard InChI is InChI=1S/C13H14F2N2O3/c14-9-1-2-10(15)11(5-9)16-12(19)13(20)17-4-3-8(6-17)7-18/h1-2,5,8,18H,3-4,6-7H2,(H,16,19). The highest BCUT2D eigenvalue weighted by molar-refractivity contribution is 6.39. The van der Waals surface area contributed by atoms with Gasteiger partial charge in [0.15, 0.2) is 0 Å². The van der Waals surface area contributed by atoms with Gasteiger partial charge >= 0.3 is 11.8 Å². The molecule has 1 aliphatic rings. The van der Waals surface area contributed by atoms with Gasteiger partial charge in [-0.2, -0.15) is 0 Å². The minimum atomic E-state index is -1.02. The molecular weight excluding hydrogens is 270 g/mol. The fourth-order valence-electron chi connectivity index (χ4n) is 2.08. The molecule has 1 aromatic carbocycles. The number of nitrogens with one attached hydrogen (secondary N) is 1. The first-order valence-electron chi connectivity index (χ1n) is 6.17. The predicted molar refractivity (Wildman–Crippen MR) is 66.8 cm³/mol. The van der Waals surface area contributed by atoms with E-state index in [1.807, 2.05) is 0 Å². The summed E-state index contributed by atoms with van der Waals surface area (Å²) in [6.45, 7) is 0.599. The minimum absolute atomic E-state index is 0.0438. The second-order valence-corrected chi connectivity index (χ2v) is 4.67. The van der Waals surface area contributed by atoms with Crippen LogP contribution in [0.2, 0.25) is 0 Å². The van der Waals surface area contributed by atoms with E-state index in [-0.39, 0.29) is 24.8 Å². The first-order valence-corrected chi connectivity index (χ1v) is 6.17. The predicted octanol–water partition coefficient (Wildman–Crippen LogP) is 0.744. The van der Waals surface area contributed by atoms with Gasteiger partial charge in [0.2, 0.25) is 0 Å². The molecule has 0 aromatic heterocycles. The van der Waals surface area contributed by atoms with Crippen LogP contribution in [0.4, 0.5) is 14.5 Å². The van der Waals surface area contributed by atoms with Crippen LogP contribution in [-0.4, -0.2) is 41.5 Å². The lowest BCUT2D eigenvalue weighted by atomic mass is 10.1. The Bertz CT molecular complexity index is 536. The number of aliphatic hydroxyl groups is 1. The van der Waals surface area contributed by atoms with Crippen LogP contribution < -0.4 is 5.32 Å². The van der Waals surface area contributed by atoms with Crippen molar-refractivity contribution in [3.63, 3.8) is 0 Å². The summed E-state index contributed by atoms with van der Waals surface area (Å²) in [4.78, 5) is 24.8. The van der Waals surface area contributed by atoms with Crippen molar-refractivity contribution < 1.29 is 23.5 Å². The normalized spacial score (nSPS) is 18.1. The van der Waals surface area contributed by atoms with Gasteiger partial charge in [0.25, 0.3) is 0 Å². The number of anilines is 1. The molecule has 20 heavy (non-hydrogen) atoms. The molecule has 0 spiro atoms. The number of carbonyl (C=O) groups excluding carboxylic acids is 2. The van der Waals surface area contributed by atoms with Crippen LogP contribution in [0, 0.1) is 17.6 Å². The molecule has 2 rings (SSSR count). The number of aliphatic hydroxyl groups excluding tert-OH is 1. The summed E-state index contributed by atoms with van der Waals surface area (Å²) in [6, 6.07) is 2.59. The minimum Gasteiger partial charge on any atom is -0.396 e. The van der Waals surface area contributed by atoms with Crippen LogP contribution in [0.5, 0.6) is 0 Å². The van der Waals surface area contributed by atoms with Crippen molar-refractivity contribution in [1.82, 2.24) is 4.90 Å². The number of rotatable bonds is 2. The lowest BCUT2D eigenvalue weighted by Crippen LogP contribution is -2.38. The van der Waals surface area contributed by atoms with Crippen molar-refractivity contribution >= 4 is 17.5 Å². The number of halogens is 2. The molecule has 108 valence electrons. The number of carbonyl (C=O) groups is 2. The molecule has 1 unspecified atom stereocenters. The van der Waals surface area contributed by atoms with Crippen LogP contribution >= 0.6 is 0 Å². The van der Waals surface area contributed by atoms with E-state index in [0.29, 0.717) is 13.0 Å². The first kappa shape index (κ1) is 14.4. The largest absolute Gasteiger partial charge is 0.396 e. The van der Waals surface area contributed by atoms with E-state index in [4.69, 9.17) is 5.11 Å². The molecule has 1 atom stereocenters. The first-order chi connectivity index (χ1) is 9.51. The SMILES string of the molecule is O=C(Nc1cc(F)ccc1F)C(=O)N1CCC(CO)C1. The van der Waals surface area contributed by atoms with E-state index in [1.54, 1.807) is 0 Å². The van der Waals surface area contributed by atoms with Crippen LogP contribution in [-0.2, 0) is 9.59 Å². The van der Waals surface area contributed by atoms with E-state index < -0.39 is 23.4 Å². The monoisotopic (exact) mass is 284 g/mol. The van der Waals surface area contributed by atoms with Gasteiger partial charge in [0, 0.05) is 31.7 Å². The lowest BCUT2D eigenvalue weighted by molar-refractivity contribution is -0.142. The topological polar surface area (TPSA) is 69.6 Å². The highest BCUT2D eigenvalue weighted by atomic mass is 19.1. The van der Waals surface area contributed by atoms with Crippen LogP contribution in [0.1, 0.15) is 6.42 Å². The van der Waals surface area contributed by atoms with Crippen LogP contribution in [0.15, 0.2) is 18.2 Å². The molecule has 1 fully saturated rings. The fraction of sp³-hybridized carbons (Fsp3) is 0.385. The van der Waals surface area contributed by atoms with Crippen LogP contribution in [0.3, 0.4) is 0 Å². The molecule has 7 heteroatoms. The highest BCUT2D eigenvalue weighted by Crippen LogP contribution is 2.18. The Morgan fingerprint density at radius 3 is 2.80 bits per heavy atom. The Hall–Kier alpha value is -2.02. The third-order valence-electron chi connectivity index (χ3n) is 3.20. The zero-order valence-electron chi connectivity index (χ0n) is 10.6. The summed E-state index contributed by atoms with van der Waals surface area (Å²) >= 11 is 0. The molecule has 0 bridgehead atoms. The summed E-state index contributed by atoms with van der Waals surface area (Å²) in [6.07, 6.45) is 0.615. The zero-order valence-corrected chi connectivity index (χ0v) is 10.6. The molecule has 5 nitrogen and oxygen atoms in total. The summed E-state index contributed by atoms with van der Waals surface area (Å²) in [5, 5.41) is 11.0. The van der Waals surface area contributed by atoms with E-state index in [2.05, 4.69) is 5.32 Å².